The van der Waals surface area contributed by atoms with Gasteiger partial charge in [0.05, 0.1) is 0 Å². The van der Waals surface area contributed by atoms with Crippen LogP contribution in [0, 0.1) is 5.92 Å². The topological polar surface area (TPSA) is 93.8 Å². The smallest absolute Gasteiger partial charge is 0.303 e. The standard InChI is InChI=1S/C12H14BrN5O2/c1-2-8(5-11(19)20)7-18-12(15-16-17-18)10-4-3-9(13)6-14-10/h3-4,6,8H,2,5,7H2,1H3,(H,19,20). The molecule has 1 N–H and O–H groups in total. The summed E-state index contributed by atoms with van der Waals surface area (Å²) in [7, 11) is 0. The lowest BCUT2D eigenvalue weighted by Crippen LogP contribution is -2.16. The fourth-order valence-electron chi connectivity index (χ4n) is 1.85. The van der Waals surface area contributed by atoms with E-state index in [2.05, 4.69) is 36.4 Å². The van der Waals surface area contributed by atoms with E-state index in [-0.39, 0.29) is 12.3 Å². The van der Waals surface area contributed by atoms with Crippen LogP contribution in [0.25, 0.3) is 11.5 Å². The van der Waals surface area contributed by atoms with Gasteiger partial charge in [0.1, 0.15) is 5.69 Å². The molecule has 2 rings (SSSR count). The number of carboxylic acids is 1. The van der Waals surface area contributed by atoms with Crippen LogP contribution in [-0.2, 0) is 11.3 Å². The van der Waals surface area contributed by atoms with E-state index in [9.17, 15) is 4.79 Å². The predicted molar refractivity (Wildman–Crippen MR) is 74.8 cm³/mol. The minimum absolute atomic E-state index is 0.00908. The van der Waals surface area contributed by atoms with Gasteiger partial charge in [-0.2, -0.15) is 0 Å². The van der Waals surface area contributed by atoms with Crippen molar-refractivity contribution in [3.8, 4) is 11.5 Å². The Morgan fingerprint density at radius 3 is 2.90 bits per heavy atom. The Morgan fingerprint density at radius 2 is 2.30 bits per heavy atom. The first kappa shape index (κ1) is 14.6. The van der Waals surface area contributed by atoms with Crippen molar-refractivity contribution >= 4 is 21.9 Å². The van der Waals surface area contributed by atoms with Gasteiger partial charge in [-0.3, -0.25) is 9.78 Å². The van der Waals surface area contributed by atoms with Crippen LogP contribution in [0.2, 0.25) is 0 Å². The molecule has 0 aliphatic rings. The molecule has 0 bridgehead atoms. The highest BCUT2D eigenvalue weighted by molar-refractivity contribution is 9.10. The number of tetrazole rings is 1. The van der Waals surface area contributed by atoms with E-state index in [0.29, 0.717) is 18.1 Å². The second-order valence-electron chi connectivity index (χ2n) is 4.42. The molecule has 1 atom stereocenters. The minimum Gasteiger partial charge on any atom is -0.481 e. The molecule has 106 valence electrons. The van der Waals surface area contributed by atoms with Crippen molar-refractivity contribution in [2.24, 2.45) is 5.92 Å². The van der Waals surface area contributed by atoms with Gasteiger partial charge in [-0.25, -0.2) is 4.68 Å². The third-order valence-corrected chi connectivity index (χ3v) is 3.43. The van der Waals surface area contributed by atoms with Gasteiger partial charge in [-0.05, 0) is 44.4 Å². The second kappa shape index (κ2) is 6.56. The largest absolute Gasteiger partial charge is 0.481 e. The highest BCUT2D eigenvalue weighted by Crippen LogP contribution is 2.18. The molecule has 20 heavy (non-hydrogen) atoms. The summed E-state index contributed by atoms with van der Waals surface area (Å²) >= 11 is 3.32. The fourth-order valence-corrected chi connectivity index (χ4v) is 2.08. The number of hydrogen-bond donors (Lipinski definition) is 1. The molecule has 0 aliphatic carbocycles. The first-order valence-corrected chi connectivity index (χ1v) is 6.99. The molecule has 7 nitrogen and oxygen atoms in total. The number of rotatable bonds is 6. The van der Waals surface area contributed by atoms with E-state index in [1.807, 2.05) is 19.1 Å². The molecule has 2 heterocycles. The molecule has 2 aromatic heterocycles. The highest BCUT2D eigenvalue weighted by Gasteiger charge is 2.17. The van der Waals surface area contributed by atoms with Crippen LogP contribution >= 0.6 is 15.9 Å². The Labute approximate surface area is 124 Å². The fraction of sp³-hybridized carbons (Fsp3) is 0.417. The lowest BCUT2D eigenvalue weighted by atomic mass is 10.0. The first-order valence-electron chi connectivity index (χ1n) is 6.20. The van der Waals surface area contributed by atoms with E-state index < -0.39 is 5.97 Å². The first-order chi connectivity index (χ1) is 9.60. The number of carbonyl (C=O) groups is 1. The van der Waals surface area contributed by atoms with Crippen molar-refractivity contribution in [1.29, 1.82) is 0 Å². The van der Waals surface area contributed by atoms with E-state index in [1.54, 1.807) is 10.9 Å². The normalized spacial score (nSPS) is 12.3. The summed E-state index contributed by atoms with van der Waals surface area (Å²) in [6.07, 6.45) is 2.52. The number of halogens is 1. The summed E-state index contributed by atoms with van der Waals surface area (Å²) in [4.78, 5) is 15.1. The summed E-state index contributed by atoms with van der Waals surface area (Å²) in [5.41, 5.74) is 0.656. The molecule has 0 amide bonds. The molecule has 0 saturated carbocycles. The van der Waals surface area contributed by atoms with Crippen LogP contribution in [0.1, 0.15) is 19.8 Å². The maximum absolute atomic E-state index is 10.8. The van der Waals surface area contributed by atoms with Crippen LogP contribution in [0.4, 0.5) is 0 Å². The van der Waals surface area contributed by atoms with E-state index >= 15 is 0 Å². The van der Waals surface area contributed by atoms with E-state index in [4.69, 9.17) is 5.11 Å². The van der Waals surface area contributed by atoms with Crippen molar-refractivity contribution in [2.45, 2.75) is 26.3 Å². The molecule has 0 radical (unpaired) electrons. The van der Waals surface area contributed by atoms with Crippen LogP contribution in [0.5, 0.6) is 0 Å². The third-order valence-electron chi connectivity index (χ3n) is 2.96. The summed E-state index contributed by atoms with van der Waals surface area (Å²) in [6.45, 7) is 2.42. The van der Waals surface area contributed by atoms with Crippen LogP contribution in [-0.4, -0.2) is 36.3 Å². The van der Waals surface area contributed by atoms with Crippen LogP contribution in [0.3, 0.4) is 0 Å². The number of aromatic nitrogens is 5. The van der Waals surface area contributed by atoms with Gasteiger partial charge < -0.3 is 5.11 Å². The van der Waals surface area contributed by atoms with E-state index in [1.165, 1.54) is 0 Å². The second-order valence-corrected chi connectivity index (χ2v) is 5.33. The monoisotopic (exact) mass is 339 g/mol. The molecular weight excluding hydrogens is 326 g/mol. The number of carboxylic acid groups (broad SMARTS) is 1. The zero-order valence-corrected chi connectivity index (χ0v) is 12.5. The average Bonchev–Trinajstić information content (AvgIpc) is 2.86. The van der Waals surface area contributed by atoms with Crippen molar-refractivity contribution in [3.63, 3.8) is 0 Å². The van der Waals surface area contributed by atoms with Gasteiger partial charge in [-0.1, -0.05) is 13.3 Å². The third kappa shape index (κ3) is 3.60. The molecule has 2 aromatic rings. The van der Waals surface area contributed by atoms with Gasteiger partial charge in [0.2, 0.25) is 5.82 Å². The molecule has 0 aliphatic heterocycles. The maximum atomic E-state index is 10.8. The van der Waals surface area contributed by atoms with Crippen LogP contribution in [0.15, 0.2) is 22.8 Å². The minimum atomic E-state index is -0.812. The van der Waals surface area contributed by atoms with Crippen LogP contribution < -0.4 is 0 Å². The molecular formula is C12H14BrN5O2. The average molecular weight is 340 g/mol. The quantitative estimate of drug-likeness (QED) is 0.864. The zero-order valence-electron chi connectivity index (χ0n) is 10.9. The maximum Gasteiger partial charge on any atom is 0.303 e. The Hall–Kier alpha value is -1.83. The Bertz CT molecular complexity index is 584. The van der Waals surface area contributed by atoms with Gasteiger partial charge in [0.15, 0.2) is 0 Å². The predicted octanol–water partition coefficient (Wildman–Crippen LogP) is 2.00. The Kier molecular flexibility index (Phi) is 4.78. The SMILES string of the molecule is CCC(CC(=O)O)Cn1nnnc1-c1ccc(Br)cn1. The van der Waals surface area contributed by atoms with E-state index in [0.717, 1.165) is 10.9 Å². The molecule has 0 aromatic carbocycles. The summed E-state index contributed by atoms with van der Waals surface area (Å²) in [6, 6.07) is 3.67. The highest BCUT2D eigenvalue weighted by atomic mass is 79.9. The van der Waals surface area contributed by atoms with Gasteiger partial charge in [0.25, 0.3) is 0 Å². The van der Waals surface area contributed by atoms with Gasteiger partial charge in [-0.15, -0.1) is 5.10 Å². The van der Waals surface area contributed by atoms with Gasteiger partial charge >= 0.3 is 5.97 Å². The Morgan fingerprint density at radius 1 is 1.50 bits per heavy atom. The number of nitrogens with zero attached hydrogens (tertiary/aromatic N) is 5. The molecule has 1 unspecified atom stereocenters. The molecule has 0 saturated heterocycles. The van der Waals surface area contributed by atoms with Crippen molar-refractivity contribution in [1.82, 2.24) is 25.2 Å². The lowest BCUT2D eigenvalue weighted by Gasteiger charge is -2.12. The lowest BCUT2D eigenvalue weighted by molar-refractivity contribution is -0.138. The summed E-state index contributed by atoms with van der Waals surface area (Å²) in [5, 5.41) is 20.4. The molecule has 0 fully saturated rings. The summed E-state index contributed by atoms with van der Waals surface area (Å²) < 4.78 is 2.48. The summed E-state index contributed by atoms with van der Waals surface area (Å²) in [5.74, 6) is -0.278. The number of pyridine rings is 1. The Balaban J connectivity index is 2.19. The van der Waals surface area contributed by atoms with Crippen molar-refractivity contribution in [2.75, 3.05) is 0 Å². The molecule has 0 spiro atoms. The molecule has 8 heteroatoms. The van der Waals surface area contributed by atoms with Crippen molar-refractivity contribution < 1.29 is 9.90 Å². The van der Waals surface area contributed by atoms with Gasteiger partial charge in [0, 0.05) is 23.6 Å². The zero-order chi connectivity index (χ0) is 14.5. The van der Waals surface area contributed by atoms with Crippen molar-refractivity contribution in [3.05, 3.63) is 22.8 Å². The number of aliphatic carboxylic acids is 1. The number of hydrogen-bond acceptors (Lipinski definition) is 5.